The highest BCUT2D eigenvalue weighted by Gasteiger charge is 2.15. The summed E-state index contributed by atoms with van der Waals surface area (Å²) in [7, 11) is 1.64. The van der Waals surface area contributed by atoms with Gasteiger partial charge < -0.3 is 4.74 Å². The quantitative estimate of drug-likeness (QED) is 0.404. The van der Waals surface area contributed by atoms with Crippen LogP contribution in [-0.2, 0) is 0 Å². The lowest BCUT2D eigenvalue weighted by atomic mass is 10.2. The van der Waals surface area contributed by atoms with Crippen LogP contribution in [0.2, 0.25) is 5.28 Å². The predicted octanol–water partition coefficient (Wildman–Crippen LogP) is 4.33. The van der Waals surface area contributed by atoms with E-state index in [1.54, 1.807) is 23.4 Å². The standard InChI is InChI=1S/C17H13ClN4OS/c1-23-11-8-6-10(7-9-11)15-20-16-12-4-3-5-13(24-2)14(12)19-17(18)22(16)21-15/h3-9H,1-2H3. The Balaban J connectivity index is 1.97. The van der Waals surface area contributed by atoms with Crippen LogP contribution in [0.4, 0.5) is 0 Å². The molecule has 0 unspecified atom stereocenters. The minimum Gasteiger partial charge on any atom is -0.497 e. The van der Waals surface area contributed by atoms with E-state index in [1.807, 2.05) is 48.7 Å². The molecule has 0 atom stereocenters. The molecular formula is C17H13ClN4OS. The van der Waals surface area contributed by atoms with E-state index in [4.69, 9.17) is 16.3 Å². The highest BCUT2D eigenvalue weighted by Crippen LogP contribution is 2.30. The number of methoxy groups -OCH3 is 1. The Morgan fingerprint density at radius 1 is 1.08 bits per heavy atom. The molecule has 0 N–H and O–H groups in total. The van der Waals surface area contributed by atoms with Gasteiger partial charge in [0.2, 0.25) is 5.28 Å². The van der Waals surface area contributed by atoms with Gasteiger partial charge in [0.15, 0.2) is 11.5 Å². The molecule has 120 valence electrons. The van der Waals surface area contributed by atoms with Crippen molar-refractivity contribution in [3.63, 3.8) is 0 Å². The number of thioether (sulfide) groups is 1. The Morgan fingerprint density at radius 3 is 2.58 bits per heavy atom. The lowest BCUT2D eigenvalue weighted by molar-refractivity contribution is 0.415. The molecule has 0 fully saturated rings. The fraction of sp³-hybridized carbons (Fsp3) is 0.118. The van der Waals surface area contributed by atoms with E-state index in [9.17, 15) is 0 Å². The van der Waals surface area contributed by atoms with Gasteiger partial charge in [-0.1, -0.05) is 6.07 Å². The zero-order valence-corrected chi connectivity index (χ0v) is 14.6. The Hall–Kier alpha value is -2.31. The number of ether oxygens (including phenoxy) is 1. The molecule has 24 heavy (non-hydrogen) atoms. The third kappa shape index (κ3) is 2.39. The fourth-order valence-electron chi connectivity index (χ4n) is 2.60. The summed E-state index contributed by atoms with van der Waals surface area (Å²) in [4.78, 5) is 10.2. The van der Waals surface area contributed by atoms with Gasteiger partial charge in [-0.25, -0.2) is 9.97 Å². The number of hydrogen-bond acceptors (Lipinski definition) is 5. The molecule has 0 aliphatic rings. The number of fused-ring (bicyclic) bond motifs is 3. The van der Waals surface area contributed by atoms with Crippen molar-refractivity contribution in [1.82, 2.24) is 19.6 Å². The van der Waals surface area contributed by atoms with E-state index in [2.05, 4.69) is 15.1 Å². The van der Waals surface area contributed by atoms with Crippen molar-refractivity contribution < 1.29 is 4.74 Å². The largest absolute Gasteiger partial charge is 0.497 e. The summed E-state index contributed by atoms with van der Waals surface area (Å²) >= 11 is 7.96. The molecule has 0 aliphatic carbocycles. The van der Waals surface area contributed by atoms with E-state index < -0.39 is 0 Å². The van der Waals surface area contributed by atoms with Crippen LogP contribution in [0.25, 0.3) is 27.9 Å². The van der Waals surface area contributed by atoms with E-state index in [1.165, 1.54) is 0 Å². The summed E-state index contributed by atoms with van der Waals surface area (Å²) in [6.45, 7) is 0. The van der Waals surface area contributed by atoms with Crippen molar-refractivity contribution in [3.8, 4) is 17.1 Å². The maximum Gasteiger partial charge on any atom is 0.226 e. The third-order valence-electron chi connectivity index (χ3n) is 3.79. The number of rotatable bonds is 3. The minimum absolute atomic E-state index is 0.297. The Kier molecular flexibility index (Phi) is 3.78. The fourth-order valence-corrected chi connectivity index (χ4v) is 3.37. The first-order chi connectivity index (χ1) is 11.7. The molecular weight excluding hydrogens is 344 g/mol. The molecule has 4 rings (SSSR count). The van der Waals surface area contributed by atoms with Crippen LogP contribution < -0.4 is 4.74 Å². The normalized spacial score (nSPS) is 11.3. The van der Waals surface area contributed by atoms with Crippen molar-refractivity contribution in [3.05, 3.63) is 47.7 Å². The van der Waals surface area contributed by atoms with Crippen LogP contribution in [0, 0.1) is 0 Å². The summed E-state index contributed by atoms with van der Waals surface area (Å²) < 4.78 is 6.76. The first-order valence-electron chi connectivity index (χ1n) is 7.24. The third-order valence-corrected chi connectivity index (χ3v) is 4.81. The van der Waals surface area contributed by atoms with Gasteiger partial charge in [-0.3, -0.25) is 0 Å². The first-order valence-corrected chi connectivity index (χ1v) is 8.85. The second-order valence-electron chi connectivity index (χ2n) is 5.14. The summed E-state index contributed by atoms with van der Waals surface area (Å²) in [6, 6.07) is 13.6. The summed E-state index contributed by atoms with van der Waals surface area (Å²) in [5, 5.41) is 5.73. The lowest BCUT2D eigenvalue weighted by Gasteiger charge is -2.04. The van der Waals surface area contributed by atoms with Crippen LogP contribution in [0.3, 0.4) is 0 Å². The lowest BCUT2D eigenvalue weighted by Crippen LogP contribution is -1.95. The number of nitrogens with zero attached hydrogens (tertiary/aromatic N) is 4. The Morgan fingerprint density at radius 2 is 1.88 bits per heavy atom. The highest BCUT2D eigenvalue weighted by atomic mass is 35.5. The van der Waals surface area contributed by atoms with Gasteiger partial charge in [-0.2, -0.15) is 4.52 Å². The van der Waals surface area contributed by atoms with Crippen LogP contribution in [0.5, 0.6) is 5.75 Å². The number of halogens is 1. The van der Waals surface area contributed by atoms with Gasteiger partial charge in [0.05, 0.1) is 12.6 Å². The molecule has 0 amide bonds. The van der Waals surface area contributed by atoms with Gasteiger partial charge in [0.25, 0.3) is 0 Å². The van der Waals surface area contributed by atoms with Gasteiger partial charge >= 0.3 is 0 Å². The molecule has 4 aromatic rings. The van der Waals surface area contributed by atoms with Crippen LogP contribution in [0.1, 0.15) is 0 Å². The van der Waals surface area contributed by atoms with E-state index >= 15 is 0 Å². The van der Waals surface area contributed by atoms with E-state index in [0.29, 0.717) is 16.8 Å². The van der Waals surface area contributed by atoms with Crippen molar-refractivity contribution in [1.29, 1.82) is 0 Å². The van der Waals surface area contributed by atoms with Gasteiger partial charge in [-0.05, 0) is 54.3 Å². The molecule has 0 spiro atoms. The molecule has 0 saturated carbocycles. The molecule has 2 heterocycles. The molecule has 2 aromatic carbocycles. The van der Waals surface area contributed by atoms with Crippen molar-refractivity contribution in [2.24, 2.45) is 0 Å². The maximum atomic E-state index is 6.33. The SMILES string of the molecule is COc1ccc(-c2nc3c4cccc(SC)c4nc(Cl)n3n2)cc1. The summed E-state index contributed by atoms with van der Waals surface area (Å²) in [5.41, 5.74) is 2.44. The monoisotopic (exact) mass is 356 g/mol. The maximum absolute atomic E-state index is 6.33. The minimum atomic E-state index is 0.297. The number of hydrogen-bond donors (Lipinski definition) is 0. The van der Waals surface area contributed by atoms with Crippen LogP contribution in [0.15, 0.2) is 47.4 Å². The summed E-state index contributed by atoms with van der Waals surface area (Å²) in [6.07, 6.45) is 2.02. The van der Waals surface area contributed by atoms with Crippen molar-refractivity contribution >= 4 is 39.9 Å². The number of para-hydroxylation sites is 1. The van der Waals surface area contributed by atoms with Crippen LogP contribution >= 0.6 is 23.4 Å². The Labute approximate surface area is 147 Å². The zero-order valence-electron chi connectivity index (χ0n) is 13.0. The average Bonchev–Trinajstić information content (AvgIpc) is 3.08. The molecule has 0 saturated heterocycles. The van der Waals surface area contributed by atoms with Crippen molar-refractivity contribution in [2.75, 3.05) is 13.4 Å². The average molecular weight is 357 g/mol. The topological polar surface area (TPSA) is 52.3 Å². The van der Waals surface area contributed by atoms with Crippen LogP contribution in [-0.4, -0.2) is 32.9 Å². The van der Waals surface area contributed by atoms with Gasteiger partial charge in [-0.15, -0.1) is 16.9 Å². The predicted molar refractivity (Wildman–Crippen MR) is 97.1 cm³/mol. The number of benzene rings is 2. The zero-order chi connectivity index (χ0) is 16.7. The van der Waals surface area contributed by atoms with E-state index in [0.717, 1.165) is 27.1 Å². The second-order valence-corrected chi connectivity index (χ2v) is 6.32. The molecule has 0 radical (unpaired) electrons. The molecule has 5 nitrogen and oxygen atoms in total. The first kappa shape index (κ1) is 15.2. The summed E-state index contributed by atoms with van der Waals surface area (Å²) in [5.74, 6) is 1.39. The molecule has 0 aliphatic heterocycles. The Bertz CT molecular complexity index is 1050. The highest BCUT2D eigenvalue weighted by molar-refractivity contribution is 7.98. The molecule has 7 heteroatoms. The molecule has 2 aromatic heterocycles. The van der Waals surface area contributed by atoms with Crippen molar-refractivity contribution in [2.45, 2.75) is 4.90 Å². The smallest absolute Gasteiger partial charge is 0.226 e. The van der Waals surface area contributed by atoms with E-state index in [-0.39, 0.29) is 0 Å². The van der Waals surface area contributed by atoms with Gasteiger partial charge in [0.1, 0.15) is 5.75 Å². The van der Waals surface area contributed by atoms with Gasteiger partial charge in [0, 0.05) is 15.8 Å². The second kappa shape index (κ2) is 5.96. The number of aromatic nitrogens is 4. The molecule has 0 bridgehead atoms.